The predicted octanol–water partition coefficient (Wildman–Crippen LogP) is 2.46. The van der Waals surface area contributed by atoms with Crippen LogP contribution in [-0.2, 0) is 15.6 Å². The van der Waals surface area contributed by atoms with Gasteiger partial charge in [0.25, 0.3) is 10.0 Å². The molecular weight excluding hydrogens is 491 g/mol. The topological polar surface area (TPSA) is 84.3 Å². The molecule has 3 heterocycles. The Bertz CT molecular complexity index is 1080. The summed E-state index contributed by atoms with van der Waals surface area (Å²) in [7, 11) is -3.64. The molecule has 1 aromatic carbocycles. The van der Waals surface area contributed by atoms with E-state index in [1.807, 2.05) is 4.90 Å². The van der Waals surface area contributed by atoms with E-state index >= 15 is 0 Å². The van der Waals surface area contributed by atoms with E-state index in [1.54, 1.807) is 17.5 Å². The van der Waals surface area contributed by atoms with Gasteiger partial charge in [-0.2, -0.15) is 17.5 Å². The number of anilines is 1. The quantitative estimate of drug-likeness (QED) is 0.610. The van der Waals surface area contributed by atoms with Gasteiger partial charge in [0, 0.05) is 45.0 Å². The molecule has 0 bridgehead atoms. The van der Waals surface area contributed by atoms with Crippen molar-refractivity contribution in [2.75, 3.05) is 44.2 Å². The van der Waals surface area contributed by atoms with Crippen molar-refractivity contribution in [2.24, 2.45) is 0 Å². The van der Waals surface area contributed by atoms with Crippen LogP contribution in [0.25, 0.3) is 0 Å². The largest absolute Gasteiger partial charge is 0.421 e. The number of hydrogen-bond acceptors (Lipinski definition) is 7. The number of rotatable bonds is 6. The Morgan fingerprint density at radius 2 is 1.79 bits per heavy atom. The molecular formula is C22H28F3N3O4S2. The van der Waals surface area contributed by atoms with Gasteiger partial charge >= 0.3 is 6.18 Å². The highest BCUT2D eigenvalue weighted by Gasteiger charge is 2.51. The summed E-state index contributed by atoms with van der Waals surface area (Å²) in [4.78, 5) is 4.07. The molecule has 1 unspecified atom stereocenters. The van der Waals surface area contributed by atoms with E-state index in [0.29, 0.717) is 38.3 Å². The third kappa shape index (κ3) is 4.98. The molecule has 12 heteroatoms. The first-order valence-electron chi connectivity index (χ1n) is 11.0. The van der Waals surface area contributed by atoms with Crippen molar-refractivity contribution in [3.63, 3.8) is 0 Å². The fraction of sp³-hybridized carbons (Fsp3) is 0.545. The van der Waals surface area contributed by atoms with Gasteiger partial charge in [-0.15, -0.1) is 11.3 Å². The van der Waals surface area contributed by atoms with Crippen LogP contribution in [0.5, 0.6) is 0 Å². The van der Waals surface area contributed by atoms with Gasteiger partial charge in [0.05, 0.1) is 12.1 Å². The minimum Gasteiger partial charge on any atom is -0.392 e. The van der Waals surface area contributed by atoms with E-state index in [-0.39, 0.29) is 28.9 Å². The van der Waals surface area contributed by atoms with Gasteiger partial charge in [-0.05, 0) is 42.5 Å². The molecule has 4 rings (SSSR count). The third-order valence-electron chi connectivity index (χ3n) is 6.56. The maximum Gasteiger partial charge on any atom is 0.421 e. The highest BCUT2D eigenvalue weighted by Crippen LogP contribution is 2.39. The summed E-state index contributed by atoms with van der Waals surface area (Å²) in [5.74, 6) is 0. The number of thiophene rings is 1. The van der Waals surface area contributed by atoms with Crippen molar-refractivity contribution in [1.82, 2.24) is 9.21 Å². The van der Waals surface area contributed by atoms with Crippen molar-refractivity contribution < 1.29 is 31.8 Å². The Hall–Kier alpha value is -1.70. The Morgan fingerprint density at radius 1 is 1.09 bits per heavy atom. The molecule has 34 heavy (non-hydrogen) atoms. The maximum absolute atomic E-state index is 13.2. The van der Waals surface area contributed by atoms with Crippen LogP contribution in [0.15, 0.2) is 46.0 Å². The number of halogens is 3. The summed E-state index contributed by atoms with van der Waals surface area (Å²) in [6.07, 6.45) is -4.59. The SMILES string of the molecule is C[C@@](O)(c1ccc(N2CCN(S(=O)(=O)c3cccs3)C[C@H]2CN2CCC(O)C2)cc1)C(F)(F)F. The molecule has 2 aliphatic rings. The fourth-order valence-electron chi connectivity index (χ4n) is 4.50. The van der Waals surface area contributed by atoms with E-state index in [4.69, 9.17) is 0 Å². The first kappa shape index (κ1) is 25.4. The number of likely N-dealkylation sites (tertiary alicyclic amines) is 1. The van der Waals surface area contributed by atoms with Crippen LogP contribution in [0.1, 0.15) is 18.9 Å². The van der Waals surface area contributed by atoms with E-state index in [9.17, 15) is 31.8 Å². The molecule has 0 saturated carbocycles. The second-order valence-corrected chi connectivity index (χ2v) is 12.1. The minimum atomic E-state index is -4.81. The van der Waals surface area contributed by atoms with Crippen LogP contribution < -0.4 is 4.90 Å². The monoisotopic (exact) mass is 519 g/mol. The van der Waals surface area contributed by atoms with Crippen molar-refractivity contribution >= 4 is 27.0 Å². The Kier molecular flexibility index (Phi) is 7.02. The lowest BCUT2D eigenvalue weighted by atomic mass is 9.95. The number of hydrogen-bond donors (Lipinski definition) is 2. The number of alkyl halides is 3. The van der Waals surface area contributed by atoms with Gasteiger partial charge < -0.3 is 15.1 Å². The van der Waals surface area contributed by atoms with Gasteiger partial charge in [-0.25, -0.2) is 8.42 Å². The number of aliphatic hydroxyl groups excluding tert-OH is 1. The fourth-order valence-corrected chi connectivity index (χ4v) is 7.11. The lowest BCUT2D eigenvalue weighted by Gasteiger charge is -2.43. The summed E-state index contributed by atoms with van der Waals surface area (Å²) >= 11 is 1.16. The third-order valence-corrected chi connectivity index (χ3v) is 9.80. The molecule has 2 N–H and O–H groups in total. The molecule has 1 aromatic heterocycles. The van der Waals surface area contributed by atoms with Crippen LogP contribution >= 0.6 is 11.3 Å². The van der Waals surface area contributed by atoms with Gasteiger partial charge in [0.15, 0.2) is 5.60 Å². The second-order valence-electron chi connectivity index (χ2n) is 8.96. The smallest absolute Gasteiger partial charge is 0.392 e. The number of benzene rings is 1. The average molecular weight is 520 g/mol. The lowest BCUT2D eigenvalue weighted by molar-refractivity contribution is -0.258. The van der Waals surface area contributed by atoms with Crippen molar-refractivity contribution in [2.45, 2.75) is 41.5 Å². The van der Waals surface area contributed by atoms with Crippen molar-refractivity contribution in [3.8, 4) is 0 Å². The Balaban J connectivity index is 1.58. The molecule has 2 saturated heterocycles. The van der Waals surface area contributed by atoms with Crippen LogP contribution in [0.2, 0.25) is 0 Å². The highest BCUT2D eigenvalue weighted by molar-refractivity contribution is 7.91. The molecule has 0 radical (unpaired) electrons. The maximum atomic E-state index is 13.2. The molecule has 2 aromatic rings. The number of sulfonamides is 1. The normalized spacial score (nSPS) is 24.9. The Morgan fingerprint density at radius 3 is 2.35 bits per heavy atom. The molecule has 7 nitrogen and oxygen atoms in total. The highest BCUT2D eigenvalue weighted by atomic mass is 32.2. The van der Waals surface area contributed by atoms with Crippen LogP contribution in [-0.4, -0.2) is 85.4 Å². The van der Waals surface area contributed by atoms with Gasteiger partial charge in [0.2, 0.25) is 0 Å². The van der Waals surface area contributed by atoms with E-state index < -0.39 is 27.9 Å². The summed E-state index contributed by atoms with van der Waals surface area (Å²) in [5, 5.41) is 21.6. The first-order chi connectivity index (χ1) is 15.9. The number of piperazine rings is 1. The molecule has 0 spiro atoms. The lowest BCUT2D eigenvalue weighted by Crippen LogP contribution is -2.58. The summed E-state index contributed by atoms with van der Waals surface area (Å²) < 4.78 is 67.6. The number of β-amino-alcohol motifs (C(OH)–C–C–N with tert-alkyl or cyclic N) is 1. The minimum absolute atomic E-state index is 0.217. The van der Waals surface area contributed by atoms with E-state index in [1.165, 1.54) is 28.6 Å². The van der Waals surface area contributed by atoms with Gasteiger partial charge in [-0.1, -0.05) is 18.2 Å². The Labute approximate surface area is 201 Å². The van der Waals surface area contributed by atoms with Crippen LogP contribution in [0.3, 0.4) is 0 Å². The van der Waals surface area contributed by atoms with E-state index in [0.717, 1.165) is 18.3 Å². The zero-order valence-corrected chi connectivity index (χ0v) is 20.3. The van der Waals surface area contributed by atoms with E-state index in [2.05, 4.69) is 4.90 Å². The summed E-state index contributed by atoms with van der Waals surface area (Å²) in [6, 6.07) is 8.58. The molecule has 0 amide bonds. The first-order valence-corrected chi connectivity index (χ1v) is 13.3. The van der Waals surface area contributed by atoms with Gasteiger partial charge in [-0.3, -0.25) is 4.90 Å². The standard InChI is InChI=1S/C22H28F3N3O4S2/c1-21(30,22(23,24)25)16-4-6-17(7-5-16)28-11-10-27(34(31,32)20-3-2-12-33-20)14-18(28)13-26-9-8-19(29)15-26/h2-7,12,18-19,29-30H,8-11,13-15H2,1H3/t18-,19?,21-/m1/s1. The molecule has 3 atom stereocenters. The number of nitrogens with zero attached hydrogens (tertiary/aromatic N) is 3. The number of aliphatic hydroxyl groups is 2. The second kappa shape index (κ2) is 9.40. The van der Waals surface area contributed by atoms with Gasteiger partial charge in [0.1, 0.15) is 4.21 Å². The van der Waals surface area contributed by atoms with Crippen LogP contribution in [0.4, 0.5) is 18.9 Å². The average Bonchev–Trinajstić information content (AvgIpc) is 3.45. The summed E-state index contributed by atoms with van der Waals surface area (Å²) in [5.41, 5.74) is -2.58. The van der Waals surface area contributed by atoms with Crippen molar-refractivity contribution in [1.29, 1.82) is 0 Å². The molecule has 2 aliphatic heterocycles. The zero-order chi connectivity index (χ0) is 24.7. The predicted molar refractivity (Wildman–Crippen MR) is 123 cm³/mol. The zero-order valence-electron chi connectivity index (χ0n) is 18.6. The van der Waals surface area contributed by atoms with Crippen LogP contribution in [0, 0.1) is 0 Å². The molecule has 188 valence electrons. The molecule has 2 fully saturated rings. The molecule has 0 aliphatic carbocycles. The van der Waals surface area contributed by atoms with Crippen molar-refractivity contribution in [3.05, 3.63) is 47.3 Å². The summed E-state index contributed by atoms with van der Waals surface area (Å²) in [6.45, 7) is 3.23.